The second-order valence-corrected chi connectivity index (χ2v) is 4.36. The maximum atomic E-state index is 5.76. The number of nitrogens with two attached hydrogens (primary N) is 1. The van der Waals surface area contributed by atoms with Crippen molar-refractivity contribution in [2.75, 3.05) is 12.3 Å². The number of aromatic amines is 1. The predicted molar refractivity (Wildman–Crippen MR) is 52.9 cm³/mol. The number of nitrogens with one attached hydrogen (secondary N) is 1. The molecule has 0 spiro atoms. The minimum atomic E-state index is 0.199. The van der Waals surface area contributed by atoms with Crippen molar-refractivity contribution in [3.63, 3.8) is 0 Å². The Kier molecular flexibility index (Phi) is 1.62. The maximum absolute atomic E-state index is 5.76. The number of nitrogens with zero attached hydrogens (tertiary/aromatic N) is 1. The first kappa shape index (κ1) is 8.29. The Morgan fingerprint density at radius 3 is 3.29 bits per heavy atom. The molecule has 1 aliphatic carbocycles. The van der Waals surface area contributed by atoms with E-state index in [9.17, 15) is 0 Å². The quantitative estimate of drug-likeness (QED) is 0.704. The van der Waals surface area contributed by atoms with Gasteiger partial charge >= 0.3 is 0 Å². The number of H-pyrrole nitrogens is 1. The molecule has 4 nitrogen and oxygen atoms in total. The fourth-order valence-corrected chi connectivity index (χ4v) is 2.99. The third-order valence-electron chi connectivity index (χ3n) is 3.71. The Balaban J connectivity index is 2.02. The second-order valence-electron chi connectivity index (χ2n) is 4.36. The molecule has 2 atom stereocenters. The van der Waals surface area contributed by atoms with Crippen LogP contribution in [0.5, 0.6) is 0 Å². The third-order valence-corrected chi connectivity index (χ3v) is 3.71. The lowest BCUT2D eigenvalue weighted by molar-refractivity contribution is 0.0925. The molecule has 2 aliphatic rings. The van der Waals surface area contributed by atoms with Crippen molar-refractivity contribution in [2.24, 2.45) is 0 Å². The molecule has 0 amide bonds. The first-order chi connectivity index (χ1) is 6.81. The third kappa shape index (κ3) is 0.945. The van der Waals surface area contributed by atoms with Gasteiger partial charge in [0.1, 0.15) is 5.82 Å². The number of ether oxygens (including phenoxy) is 1. The standard InChI is InChI=1S/C10H15N3O/c11-9-6-7(12-13-9)10-3-1-2-8(10)14-5-4-10/h6,8H,1-5H2,(H3,11,12,13). The number of anilines is 1. The number of rotatable bonds is 1. The van der Waals surface area contributed by atoms with Crippen LogP contribution in [0.2, 0.25) is 0 Å². The van der Waals surface area contributed by atoms with Gasteiger partial charge in [0.05, 0.1) is 6.10 Å². The van der Waals surface area contributed by atoms with Gasteiger partial charge in [-0.05, 0) is 25.7 Å². The van der Waals surface area contributed by atoms with Crippen molar-refractivity contribution >= 4 is 5.82 Å². The van der Waals surface area contributed by atoms with Crippen molar-refractivity contribution in [1.29, 1.82) is 0 Å². The van der Waals surface area contributed by atoms with Crippen LogP contribution in [0.1, 0.15) is 31.4 Å². The van der Waals surface area contributed by atoms with E-state index in [0.29, 0.717) is 11.9 Å². The van der Waals surface area contributed by atoms with E-state index in [0.717, 1.165) is 13.0 Å². The molecular formula is C10H15N3O. The molecule has 2 fully saturated rings. The molecule has 76 valence electrons. The normalized spacial score (nSPS) is 36.1. The highest BCUT2D eigenvalue weighted by molar-refractivity contribution is 5.34. The smallest absolute Gasteiger partial charge is 0.145 e. The first-order valence-corrected chi connectivity index (χ1v) is 5.24. The highest BCUT2D eigenvalue weighted by atomic mass is 16.5. The van der Waals surface area contributed by atoms with E-state index in [1.807, 2.05) is 6.07 Å². The minimum absolute atomic E-state index is 0.199. The minimum Gasteiger partial charge on any atom is -0.382 e. The molecule has 0 bridgehead atoms. The van der Waals surface area contributed by atoms with Gasteiger partial charge in [0, 0.05) is 23.8 Å². The average Bonchev–Trinajstić information content (AvgIpc) is 2.75. The van der Waals surface area contributed by atoms with Crippen LogP contribution in [0, 0.1) is 0 Å². The Bertz CT molecular complexity index is 337. The molecule has 1 saturated heterocycles. The number of hydrogen-bond acceptors (Lipinski definition) is 3. The molecule has 2 unspecified atom stereocenters. The lowest BCUT2D eigenvalue weighted by Crippen LogP contribution is -2.30. The second kappa shape index (κ2) is 2.73. The van der Waals surface area contributed by atoms with Crippen molar-refractivity contribution in [3.05, 3.63) is 11.8 Å². The van der Waals surface area contributed by atoms with E-state index >= 15 is 0 Å². The molecule has 1 saturated carbocycles. The molecule has 4 heteroatoms. The van der Waals surface area contributed by atoms with Crippen LogP contribution in [0.15, 0.2) is 6.07 Å². The highest BCUT2D eigenvalue weighted by Crippen LogP contribution is 2.48. The number of fused-ring (bicyclic) bond motifs is 1. The molecule has 3 rings (SSSR count). The SMILES string of the molecule is Nc1cc(C23CCCC2OCC3)[nH]n1. The summed E-state index contributed by atoms with van der Waals surface area (Å²) in [5.74, 6) is 0.590. The summed E-state index contributed by atoms with van der Waals surface area (Å²) in [4.78, 5) is 0. The van der Waals surface area contributed by atoms with Crippen LogP contribution < -0.4 is 5.73 Å². The molecule has 3 N–H and O–H groups in total. The molecule has 2 heterocycles. The highest BCUT2D eigenvalue weighted by Gasteiger charge is 2.49. The summed E-state index contributed by atoms with van der Waals surface area (Å²) in [6.45, 7) is 0.879. The van der Waals surface area contributed by atoms with Crippen molar-refractivity contribution in [1.82, 2.24) is 10.2 Å². The summed E-state index contributed by atoms with van der Waals surface area (Å²) in [6, 6.07) is 1.97. The Morgan fingerprint density at radius 1 is 1.57 bits per heavy atom. The van der Waals surface area contributed by atoms with Crippen LogP contribution in [0.3, 0.4) is 0 Å². The average molecular weight is 193 g/mol. The summed E-state index contributed by atoms with van der Waals surface area (Å²) < 4.78 is 5.76. The molecule has 1 aliphatic heterocycles. The van der Waals surface area contributed by atoms with E-state index < -0.39 is 0 Å². The van der Waals surface area contributed by atoms with E-state index in [-0.39, 0.29) is 5.41 Å². The van der Waals surface area contributed by atoms with Crippen LogP contribution in [-0.4, -0.2) is 22.9 Å². The lowest BCUT2D eigenvalue weighted by Gasteiger charge is -2.25. The van der Waals surface area contributed by atoms with Gasteiger partial charge in [-0.15, -0.1) is 0 Å². The van der Waals surface area contributed by atoms with E-state index in [1.54, 1.807) is 0 Å². The van der Waals surface area contributed by atoms with Gasteiger partial charge in [0.2, 0.25) is 0 Å². The van der Waals surface area contributed by atoms with Crippen LogP contribution in [0.4, 0.5) is 5.82 Å². The van der Waals surface area contributed by atoms with Gasteiger partial charge in [-0.2, -0.15) is 5.10 Å². The van der Waals surface area contributed by atoms with Gasteiger partial charge in [0.15, 0.2) is 0 Å². The number of hydrogen-bond donors (Lipinski definition) is 2. The first-order valence-electron chi connectivity index (χ1n) is 5.24. The zero-order valence-corrected chi connectivity index (χ0v) is 8.12. The van der Waals surface area contributed by atoms with Gasteiger partial charge in [-0.25, -0.2) is 0 Å². The number of aromatic nitrogens is 2. The van der Waals surface area contributed by atoms with Crippen LogP contribution >= 0.6 is 0 Å². The summed E-state index contributed by atoms with van der Waals surface area (Å²) in [5.41, 5.74) is 7.02. The fraction of sp³-hybridized carbons (Fsp3) is 0.700. The summed E-state index contributed by atoms with van der Waals surface area (Å²) >= 11 is 0. The van der Waals surface area contributed by atoms with Gasteiger partial charge in [0.25, 0.3) is 0 Å². The molecular weight excluding hydrogens is 178 g/mol. The van der Waals surface area contributed by atoms with Crippen molar-refractivity contribution in [3.8, 4) is 0 Å². The Labute approximate surface area is 82.8 Å². The zero-order valence-electron chi connectivity index (χ0n) is 8.12. The number of nitrogen functional groups attached to an aromatic ring is 1. The van der Waals surface area contributed by atoms with Gasteiger partial charge in [-0.1, -0.05) is 0 Å². The molecule has 0 radical (unpaired) electrons. The molecule has 1 aromatic heterocycles. The van der Waals surface area contributed by atoms with Gasteiger partial charge < -0.3 is 10.5 Å². The van der Waals surface area contributed by atoms with Gasteiger partial charge in [-0.3, -0.25) is 5.10 Å². The summed E-state index contributed by atoms with van der Waals surface area (Å²) in [7, 11) is 0. The van der Waals surface area contributed by atoms with E-state index in [2.05, 4.69) is 10.2 Å². The summed E-state index contributed by atoms with van der Waals surface area (Å²) in [5, 5.41) is 7.07. The topological polar surface area (TPSA) is 63.9 Å². The van der Waals surface area contributed by atoms with Crippen LogP contribution in [-0.2, 0) is 10.2 Å². The fourth-order valence-electron chi connectivity index (χ4n) is 2.99. The van der Waals surface area contributed by atoms with E-state index in [4.69, 9.17) is 10.5 Å². The summed E-state index contributed by atoms with van der Waals surface area (Å²) in [6.07, 6.45) is 5.14. The molecule has 1 aromatic rings. The predicted octanol–water partition coefficient (Wildman–Crippen LogP) is 1.20. The monoisotopic (exact) mass is 193 g/mol. The van der Waals surface area contributed by atoms with Crippen molar-refractivity contribution < 1.29 is 4.74 Å². The maximum Gasteiger partial charge on any atom is 0.145 e. The van der Waals surface area contributed by atoms with Crippen LogP contribution in [0.25, 0.3) is 0 Å². The molecule has 14 heavy (non-hydrogen) atoms. The van der Waals surface area contributed by atoms with E-state index in [1.165, 1.54) is 25.0 Å². The molecule has 0 aromatic carbocycles. The Hall–Kier alpha value is -1.03. The van der Waals surface area contributed by atoms with Crippen molar-refractivity contribution in [2.45, 2.75) is 37.2 Å². The largest absolute Gasteiger partial charge is 0.382 e. The Morgan fingerprint density at radius 2 is 2.50 bits per heavy atom. The lowest BCUT2D eigenvalue weighted by atomic mass is 9.80. The zero-order chi connectivity index (χ0) is 9.60.